The summed E-state index contributed by atoms with van der Waals surface area (Å²) in [5.41, 5.74) is 0. The Morgan fingerprint density at radius 1 is 1.05 bits per heavy atom. The third-order valence-corrected chi connectivity index (χ3v) is 6.26. The first-order valence-corrected chi connectivity index (χ1v) is 9.46. The van der Waals surface area contributed by atoms with Gasteiger partial charge in [0.2, 0.25) is 0 Å². The molecule has 21 heavy (non-hydrogen) atoms. The first-order valence-electron chi connectivity index (χ1n) is 9.46. The molecule has 0 spiro atoms. The lowest BCUT2D eigenvalue weighted by atomic mass is 9.82. The summed E-state index contributed by atoms with van der Waals surface area (Å²) < 4.78 is 0. The highest BCUT2D eigenvalue weighted by Crippen LogP contribution is 2.29. The van der Waals surface area contributed by atoms with Gasteiger partial charge in [-0.3, -0.25) is 4.90 Å². The molecule has 0 aromatic carbocycles. The molecule has 3 fully saturated rings. The summed E-state index contributed by atoms with van der Waals surface area (Å²) in [7, 11) is 0. The van der Waals surface area contributed by atoms with Crippen molar-refractivity contribution >= 4 is 0 Å². The summed E-state index contributed by atoms with van der Waals surface area (Å²) in [6, 6.07) is 1.49. The second-order valence-corrected chi connectivity index (χ2v) is 7.76. The predicted octanol–water partition coefficient (Wildman–Crippen LogP) is 2.57. The zero-order chi connectivity index (χ0) is 14.7. The third kappa shape index (κ3) is 4.00. The fourth-order valence-corrected chi connectivity index (χ4v) is 4.74. The zero-order valence-corrected chi connectivity index (χ0v) is 14.2. The van der Waals surface area contributed by atoms with E-state index in [-0.39, 0.29) is 0 Å². The predicted molar refractivity (Wildman–Crippen MR) is 89.6 cm³/mol. The second-order valence-electron chi connectivity index (χ2n) is 7.76. The number of hydrogen-bond donors (Lipinski definition) is 1. The monoisotopic (exact) mass is 293 g/mol. The Kier molecular flexibility index (Phi) is 5.58. The van der Waals surface area contributed by atoms with E-state index in [0.717, 1.165) is 23.9 Å². The van der Waals surface area contributed by atoms with Crippen LogP contribution in [0.1, 0.15) is 52.4 Å². The number of hydrogen-bond acceptors (Lipinski definition) is 3. The Balaban J connectivity index is 1.51. The maximum Gasteiger partial charge on any atom is 0.0224 e. The molecule has 0 amide bonds. The van der Waals surface area contributed by atoms with Gasteiger partial charge in [0.1, 0.15) is 0 Å². The minimum Gasteiger partial charge on any atom is -0.311 e. The molecule has 0 bridgehead atoms. The average Bonchev–Trinajstić information content (AvgIpc) is 2.98. The van der Waals surface area contributed by atoms with E-state index in [1.165, 1.54) is 77.8 Å². The van der Waals surface area contributed by atoms with Crippen LogP contribution in [0.25, 0.3) is 0 Å². The van der Waals surface area contributed by atoms with Crippen molar-refractivity contribution in [2.45, 2.75) is 64.5 Å². The first-order chi connectivity index (χ1) is 10.3. The summed E-state index contributed by atoms with van der Waals surface area (Å²) in [6.45, 7) is 12.4. The lowest BCUT2D eigenvalue weighted by molar-refractivity contribution is 0.0899. The fraction of sp³-hybridized carbons (Fsp3) is 1.00. The molecule has 2 saturated heterocycles. The summed E-state index contributed by atoms with van der Waals surface area (Å²) in [5, 5.41) is 3.86. The number of nitrogens with one attached hydrogen (secondary N) is 1. The van der Waals surface area contributed by atoms with E-state index < -0.39 is 0 Å². The van der Waals surface area contributed by atoms with Gasteiger partial charge in [-0.2, -0.15) is 0 Å². The topological polar surface area (TPSA) is 18.5 Å². The molecular formula is C18H35N3. The van der Waals surface area contributed by atoms with Crippen LogP contribution in [0.5, 0.6) is 0 Å². The van der Waals surface area contributed by atoms with Crippen molar-refractivity contribution in [3.8, 4) is 0 Å². The molecule has 0 aromatic heterocycles. The van der Waals surface area contributed by atoms with Gasteiger partial charge in [-0.25, -0.2) is 0 Å². The Morgan fingerprint density at radius 2 is 1.86 bits per heavy atom. The van der Waals surface area contributed by atoms with Gasteiger partial charge in [-0.15, -0.1) is 0 Å². The Morgan fingerprint density at radius 3 is 2.57 bits per heavy atom. The quantitative estimate of drug-likeness (QED) is 0.859. The minimum atomic E-state index is 0.723. The highest BCUT2D eigenvalue weighted by Gasteiger charge is 2.33. The molecule has 122 valence electrons. The van der Waals surface area contributed by atoms with Crippen molar-refractivity contribution in [2.24, 2.45) is 11.8 Å². The molecule has 0 radical (unpaired) electrons. The Hall–Kier alpha value is -0.120. The van der Waals surface area contributed by atoms with E-state index in [1.54, 1.807) is 0 Å². The lowest BCUT2D eigenvalue weighted by Crippen LogP contribution is -2.58. The van der Waals surface area contributed by atoms with Gasteiger partial charge in [0, 0.05) is 38.3 Å². The van der Waals surface area contributed by atoms with Crippen LogP contribution in [0.4, 0.5) is 0 Å². The van der Waals surface area contributed by atoms with Crippen molar-refractivity contribution in [2.75, 3.05) is 39.3 Å². The SMILES string of the molecule is CCN1CCC(CN2CC(C3CCCCC3)NCC2C)C1. The van der Waals surface area contributed by atoms with Gasteiger partial charge in [-0.05, 0) is 51.1 Å². The van der Waals surface area contributed by atoms with Crippen LogP contribution in [0, 0.1) is 11.8 Å². The maximum atomic E-state index is 3.86. The van der Waals surface area contributed by atoms with Crippen molar-refractivity contribution in [1.29, 1.82) is 0 Å². The normalized spacial score (nSPS) is 37.1. The lowest BCUT2D eigenvalue weighted by Gasteiger charge is -2.43. The highest BCUT2D eigenvalue weighted by molar-refractivity contribution is 4.90. The van der Waals surface area contributed by atoms with Crippen LogP contribution in [-0.4, -0.2) is 61.2 Å². The molecule has 3 unspecified atom stereocenters. The number of rotatable bonds is 4. The molecule has 1 saturated carbocycles. The molecule has 3 rings (SSSR count). The standard InChI is InChI=1S/C18H35N3/c1-3-20-10-9-16(12-20)13-21-14-18(19-11-15(21)2)17-7-5-4-6-8-17/h15-19H,3-14H2,1-2H3. The molecule has 3 atom stereocenters. The fourth-order valence-electron chi connectivity index (χ4n) is 4.74. The highest BCUT2D eigenvalue weighted by atomic mass is 15.2. The first kappa shape index (κ1) is 15.8. The van der Waals surface area contributed by atoms with E-state index in [1.807, 2.05) is 0 Å². The number of nitrogens with zero attached hydrogens (tertiary/aromatic N) is 2. The van der Waals surface area contributed by atoms with E-state index in [4.69, 9.17) is 0 Å². The van der Waals surface area contributed by atoms with Crippen molar-refractivity contribution in [3.63, 3.8) is 0 Å². The third-order valence-electron chi connectivity index (χ3n) is 6.26. The molecule has 3 aliphatic rings. The zero-order valence-electron chi connectivity index (χ0n) is 14.2. The summed E-state index contributed by atoms with van der Waals surface area (Å²) in [6.07, 6.45) is 8.75. The summed E-state index contributed by atoms with van der Waals surface area (Å²) >= 11 is 0. The van der Waals surface area contributed by atoms with Crippen LogP contribution in [-0.2, 0) is 0 Å². The van der Waals surface area contributed by atoms with Gasteiger partial charge in [0.05, 0.1) is 0 Å². The second kappa shape index (κ2) is 7.43. The maximum absolute atomic E-state index is 3.86. The van der Waals surface area contributed by atoms with Crippen molar-refractivity contribution in [1.82, 2.24) is 15.1 Å². The van der Waals surface area contributed by atoms with Gasteiger partial charge in [0.15, 0.2) is 0 Å². The molecule has 0 aromatic rings. The Labute approximate surface area is 131 Å². The van der Waals surface area contributed by atoms with Crippen LogP contribution in [0.15, 0.2) is 0 Å². The molecular weight excluding hydrogens is 258 g/mol. The Bertz CT molecular complexity index is 314. The number of piperazine rings is 1. The van der Waals surface area contributed by atoms with Crippen molar-refractivity contribution in [3.05, 3.63) is 0 Å². The molecule has 1 N–H and O–H groups in total. The van der Waals surface area contributed by atoms with Crippen LogP contribution < -0.4 is 5.32 Å². The van der Waals surface area contributed by atoms with E-state index in [9.17, 15) is 0 Å². The summed E-state index contributed by atoms with van der Waals surface area (Å²) in [4.78, 5) is 5.43. The molecule has 1 aliphatic carbocycles. The minimum absolute atomic E-state index is 0.723. The van der Waals surface area contributed by atoms with E-state index in [2.05, 4.69) is 29.0 Å². The van der Waals surface area contributed by atoms with Crippen LogP contribution in [0.2, 0.25) is 0 Å². The summed E-state index contributed by atoms with van der Waals surface area (Å²) in [5.74, 6) is 1.86. The largest absolute Gasteiger partial charge is 0.311 e. The molecule has 3 nitrogen and oxygen atoms in total. The van der Waals surface area contributed by atoms with E-state index in [0.29, 0.717) is 0 Å². The smallest absolute Gasteiger partial charge is 0.0224 e. The van der Waals surface area contributed by atoms with Gasteiger partial charge in [-0.1, -0.05) is 26.2 Å². The van der Waals surface area contributed by atoms with Crippen molar-refractivity contribution < 1.29 is 0 Å². The molecule has 2 heterocycles. The van der Waals surface area contributed by atoms with Gasteiger partial charge < -0.3 is 10.2 Å². The number of likely N-dealkylation sites (tertiary alicyclic amines) is 1. The van der Waals surface area contributed by atoms with Crippen LogP contribution in [0.3, 0.4) is 0 Å². The molecule has 2 aliphatic heterocycles. The van der Waals surface area contributed by atoms with Gasteiger partial charge in [0.25, 0.3) is 0 Å². The average molecular weight is 293 g/mol. The van der Waals surface area contributed by atoms with Crippen LogP contribution >= 0.6 is 0 Å². The molecule has 3 heteroatoms. The van der Waals surface area contributed by atoms with E-state index >= 15 is 0 Å². The van der Waals surface area contributed by atoms with Gasteiger partial charge >= 0.3 is 0 Å².